The van der Waals surface area contributed by atoms with E-state index in [4.69, 9.17) is 4.74 Å². The fourth-order valence-electron chi connectivity index (χ4n) is 1.20. The van der Waals surface area contributed by atoms with E-state index in [1.165, 1.54) is 0 Å². The van der Waals surface area contributed by atoms with Gasteiger partial charge in [-0.25, -0.2) is 0 Å². The van der Waals surface area contributed by atoms with E-state index < -0.39 is 0 Å². The molecule has 0 spiro atoms. The Morgan fingerprint density at radius 2 is 2.07 bits per heavy atom. The third kappa shape index (κ3) is 2.87. The van der Waals surface area contributed by atoms with Gasteiger partial charge in [0.2, 0.25) is 0 Å². The van der Waals surface area contributed by atoms with Gasteiger partial charge in [-0.05, 0) is 18.9 Å². The van der Waals surface area contributed by atoms with E-state index in [0.29, 0.717) is 12.8 Å². The maximum absolute atomic E-state index is 11.1. The first-order valence-electron chi connectivity index (χ1n) is 4.81. The SMILES string of the molecule is [CH2]CC(OC(=O)CC)c1ccccc1. The molecule has 75 valence electrons. The Balaban J connectivity index is 2.68. The molecule has 1 atom stereocenters. The first-order valence-corrected chi connectivity index (χ1v) is 4.81. The average molecular weight is 191 g/mol. The Morgan fingerprint density at radius 1 is 1.43 bits per heavy atom. The number of carbonyl (C=O) groups excluding carboxylic acids is 1. The van der Waals surface area contributed by atoms with Gasteiger partial charge in [0.25, 0.3) is 0 Å². The topological polar surface area (TPSA) is 26.3 Å². The summed E-state index contributed by atoms with van der Waals surface area (Å²) in [5.74, 6) is -0.178. The fourth-order valence-corrected chi connectivity index (χ4v) is 1.20. The summed E-state index contributed by atoms with van der Waals surface area (Å²) in [6, 6.07) is 9.68. The third-order valence-corrected chi connectivity index (χ3v) is 2.00. The quantitative estimate of drug-likeness (QED) is 0.684. The molecule has 0 fully saturated rings. The fraction of sp³-hybridized carbons (Fsp3) is 0.333. The second-order valence-corrected chi connectivity index (χ2v) is 3.03. The summed E-state index contributed by atoms with van der Waals surface area (Å²) < 4.78 is 5.23. The normalized spacial score (nSPS) is 12.1. The van der Waals surface area contributed by atoms with Crippen LogP contribution in [-0.4, -0.2) is 5.97 Å². The molecular weight excluding hydrogens is 176 g/mol. The summed E-state index contributed by atoms with van der Waals surface area (Å²) in [4.78, 5) is 11.1. The molecule has 2 nitrogen and oxygen atoms in total. The maximum atomic E-state index is 11.1. The summed E-state index contributed by atoms with van der Waals surface area (Å²) in [5, 5.41) is 0. The highest BCUT2D eigenvalue weighted by Gasteiger charge is 2.12. The monoisotopic (exact) mass is 191 g/mol. The minimum Gasteiger partial charge on any atom is -0.457 e. The molecule has 0 aliphatic carbocycles. The van der Waals surface area contributed by atoms with Crippen LogP contribution in [0.15, 0.2) is 30.3 Å². The minimum absolute atomic E-state index is 0.178. The number of hydrogen-bond donors (Lipinski definition) is 0. The average Bonchev–Trinajstić information content (AvgIpc) is 2.26. The van der Waals surface area contributed by atoms with E-state index in [2.05, 4.69) is 6.92 Å². The van der Waals surface area contributed by atoms with Gasteiger partial charge in [0, 0.05) is 6.42 Å². The molecule has 0 N–H and O–H groups in total. The molecule has 0 heterocycles. The molecule has 1 rings (SSSR count). The number of esters is 1. The van der Waals surface area contributed by atoms with Crippen molar-refractivity contribution in [3.8, 4) is 0 Å². The summed E-state index contributed by atoms with van der Waals surface area (Å²) in [6.45, 7) is 5.56. The molecule has 14 heavy (non-hydrogen) atoms. The van der Waals surface area contributed by atoms with Gasteiger partial charge in [-0.3, -0.25) is 4.79 Å². The van der Waals surface area contributed by atoms with Crippen LogP contribution in [0.5, 0.6) is 0 Å². The van der Waals surface area contributed by atoms with Gasteiger partial charge in [-0.1, -0.05) is 37.3 Å². The summed E-state index contributed by atoms with van der Waals surface area (Å²) in [6.07, 6.45) is 0.766. The van der Waals surface area contributed by atoms with Gasteiger partial charge >= 0.3 is 5.97 Å². The van der Waals surface area contributed by atoms with Gasteiger partial charge < -0.3 is 4.74 Å². The zero-order valence-electron chi connectivity index (χ0n) is 8.40. The van der Waals surface area contributed by atoms with Crippen molar-refractivity contribution in [2.75, 3.05) is 0 Å². The van der Waals surface area contributed by atoms with Crippen LogP contribution in [0.25, 0.3) is 0 Å². The van der Waals surface area contributed by atoms with Crippen LogP contribution in [0.2, 0.25) is 0 Å². The van der Waals surface area contributed by atoms with E-state index in [1.807, 2.05) is 30.3 Å². The van der Waals surface area contributed by atoms with Crippen molar-refractivity contribution >= 4 is 5.97 Å². The number of carbonyl (C=O) groups is 1. The van der Waals surface area contributed by atoms with Crippen molar-refractivity contribution in [2.45, 2.75) is 25.9 Å². The van der Waals surface area contributed by atoms with Crippen LogP contribution in [-0.2, 0) is 9.53 Å². The molecule has 2 heteroatoms. The molecule has 0 bridgehead atoms. The Morgan fingerprint density at radius 3 is 2.57 bits per heavy atom. The highest BCUT2D eigenvalue weighted by atomic mass is 16.5. The van der Waals surface area contributed by atoms with Gasteiger partial charge in [0.15, 0.2) is 0 Å². The summed E-state index contributed by atoms with van der Waals surface area (Å²) >= 11 is 0. The largest absolute Gasteiger partial charge is 0.457 e. The highest BCUT2D eigenvalue weighted by Crippen LogP contribution is 2.20. The van der Waals surface area contributed by atoms with E-state index in [0.717, 1.165) is 5.56 Å². The van der Waals surface area contributed by atoms with Gasteiger partial charge in [-0.15, -0.1) is 0 Å². The molecular formula is C12H15O2. The highest BCUT2D eigenvalue weighted by molar-refractivity contribution is 5.69. The molecule has 0 aliphatic heterocycles. The molecule has 1 aromatic carbocycles. The molecule has 0 aromatic heterocycles. The second-order valence-electron chi connectivity index (χ2n) is 3.03. The van der Waals surface area contributed by atoms with Gasteiger partial charge in [0.1, 0.15) is 6.10 Å². The van der Waals surface area contributed by atoms with E-state index in [9.17, 15) is 4.79 Å². The Hall–Kier alpha value is -1.31. The number of hydrogen-bond acceptors (Lipinski definition) is 2. The minimum atomic E-state index is -0.205. The van der Waals surface area contributed by atoms with Crippen LogP contribution in [0.4, 0.5) is 0 Å². The van der Waals surface area contributed by atoms with Gasteiger partial charge in [0.05, 0.1) is 0 Å². The molecule has 1 aromatic rings. The standard InChI is InChI=1S/C12H15O2/c1-3-11(14-12(13)4-2)10-8-6-5-7-9-10/h5-9,11H,1,3-4H2,2H3. The molecule has 1 unspecified atom stereocenters. The lowest BCUT2D eigenvalue weighted by Gasteiger charge is -2.15. The Labute approximate surface area is 84.9 Å². The van der Waals surface area contributed by atoms with Crippen molar-refractivity contribution in [1.29, 1.82) is 0 Å². The van der Waals surface area contributed by atoms with Crippen molar-refractivity contribution in [3.05, 3.63) is 42.8 Å². The predicted octanol–water partition coefficient (Wildman–Crippen LogP) is 2.91. The molecule has 0 amide bonds. The Bertz CT molecular complexity index is 280. The molecule has 0 saturated carbocycles. The van der Waals surface area contributed by atoms with Crippen LogP contribution in [0, 0.1) is 6.92 Å². The van der Waals surface area contributed by atoms with E-state index in [-0.39, 0.29) is 12.1 Å². The lowest BCUT2D eigenvalue weighted by atomic mass is 10.1. The number of benzene rings is 1. The lowest BCUT2D eigenvalue weighted by Crippen LogP contribution is -2.09. The first-order chi connectivity index (χ1) is 6.77. The Kier molecular flexibility index (Phi) is 4.17. The molecule has 0 aliphatic rings. The van der Waals surface area contributed by atoms with Crippen LogP contribution >= 0.6 is 0 Å². The number of rotatable bonds is 4. The zero-order chi connectivity index (χ0) is 10.4. The number of ether oxygens (including phenoxy) is 1. The van der Waals surface area contributed by atoms with Crippen molar-refractivity contribution in [3.63, 3.8) is 0 Å². The third-order valence-electron chi connectivity index (χ3n) is 2.00. The van der Waals surface area contributed by atoms with Crippen LogP contribution < -0.4 is 0 Å². The van der Waals surface area contributed by atoms with Crippen LogP contribution in [0.1, 0.15) is 31.4 Å². The first kappa shape index (κ1) is 10.8. The predicted molar refractivity (Wildman–Crippen MR) is 55.5 cm³/mol. The second kappa shape index (κ2) is 5.43. The lowest BCUT2D eigenvalue weighted by molar-refractivity contribution is -0.149. The van der Waals surface area contributed by atoms with Crippen molar-refractivity contribution < 1.29 is 9.53 Å². The van der Waals surface area contributed by atoms with Crippen molar-refractivity contribution in [2.24, 2.45) is 0 Å². The zero-order valence-corrected chi connectivity index (χ0v) is 8.40. The summed E-state index contributed by atoms with van der Waals surface area (Å²) in [5.41, 5.74) is 1.00. The molecule has 0 saturated heterocycles. The van der Waals surface area contributed by atoms with Gasteiger partial charge in [-0.2, -0.15) is 0 Å². The van der Waals surface area contributed by atoms with Crippen LogP contribution in [0.3, 0.4) is 0 Å². The van der Waals surface area contributed by atoms with E-state index in [1.54, 1.807) is 6.92 Å². The molecule has 1 radical (unpaired) electrons. The maximum Gasteiger partial charge on any atom is 0.306 e. The summed E-state index contributed by atoms with van der Waals surface area (Å²) in [7, 11) is 0. The van der Waals surface area contributed by atoms with E-state index >= 15 is 0 Å². The smallest absolute Gasteiger partial charge is 0.306 e. The van der Waals surface area contributed by atoms with Crippen molar-refractivity contribution in [1.82, 2.24) is 0 Å².